The lowest BCUT2D eigenvalue weighted by Gasteiger charge is -2.17. The van der Waals surface area contributed by atoms with Gasteiger partial charge in [0.25, 0.3) is 0 Å². The molecule has 0 unspecified atom stereocenters. The van der Waals surface area contributed by atoms with E-state index in [1.165, 1.54) is 6.08 Å². The highest BCUT2D eigenvalue weighted by molar-refractivity contribution is 14.1. The number of halogens is 1. The number of nitrogen functional groups attached to an aromatic ring is 1. The molecule has 126 valence electrons. The fourth-order valence-electron chi connectivity index (χ4n) is 2.18. The standard InChI is InChI=1S/C18H19IN2O3/c1-11(18(24)13-10-12(19)7-8-16(13)22)6-9-17(23)21-15-5-3-2-4-14(15)20/h2-11,18,22,24H,20H2,1H3,(H,21,23)/b9-6+/t11-,18-/m0/s1. The van der Waals surface area contributed by atoms with Gasteiger partial charge in [0.15, 0.2) is 0 Å². The lowest BCUT2D eigenvalue weighted by atomic mass is 9.96. The number of carbonyl (C=O) groups is 1. The second-order valence-corrected chi connectivity index (χ2v) is 6.69. The van der Waals surface area contributed by atoms with Gasteiger partial charge in [0.05, 0.1) is 17.5 Å². The summed E-state index contributed by atoms with van der Waals surface area (Å²) in [5.41, 5.74) is 7.23. The van der Waals surface area contributed by atoms with Crippen LogP contribution in [0.2, 0.25) is 0 Å². The number of anilines is 2. The Hall–Kier alpha value is -2.06. The van der Waals surface area contributed by atoms with Crippen molar-refractivity contribution in [3.8, 4) is 5.75 Å². The number of hydrogen-bond donors (Lipinski definition) is 4. The maximum absolute atomic E-state index is 12.0. The fraction of sp³-hybridized carbons (Fsp3) is 0.167. The van der Waals surface area contributed by atoms with Crippen molar-refractivity contribution < 1.29 is 15.0 Å². The van der Waals surface area contributed by atoms with Gasteiger partial charge in [0, 0.05) is 15.1 Å². The Balaban J connectivity index is 2.04. The predicted molar refractivity (Wildman–Crippen MR) is 104 cm³/mol. The van der Waals surface area contributed by atoms with Crippen LogP contribution >= 0.6 is 22.6 Å². The molecule has 0 heterocycles. The van der Waals surface area contributed by atoms with Gasteiger partial charge in [0.1, 0.15) is 5.75 Å². The number of nitrogens with two attached hydrogens (primary N) is 1. The molecule has 0 aliphatic heterocycles. The number of hydrogen-bond acceptors (Lipinski definition) is 4. The highest BCUT2D eigenvalue weighted by atomic mass is 127. The molecule has 1 amide bonds. The van der Waals surface area contributed by atoms with Gasteiger partial charge in [-0.15, -0.1) is 0 Å². The summed E-state index contributed by atoms with van der Waals surface area (Å²) in [5.74, 6) is -0.656. The Bertz CT molecular complexity index is 762. The summed E-state index contributed by atoms with van der Waals surface area (Å²) in [6.45, 7) is 1.77. The molecule has 0 saturated carbocycles. The predicted octanol–water partition coefficient (Wildman–Crippen LogP) is 3.44. The highest BCUT2D eigenvalue weighted by Gasteiger charge is 2.18. The number of aliphatic hydroxyl groups excluding tert-OH is 1. The molecule has 24 heavy (non-hydrogen) atoms. The SMILES string of the molecule is C[C@@H](/C=C/C(=O)Nc1ccccc1N)[C@H](O)c1cc(I)ccc1O. The molecule has 0 aliphatic rings. The van der Waals surface area contributed by atoms with Crippen LogP contribution in [0.5, 0.6) is 5.75 Å². The molecule has 2 rings (SSSR count). The summed E-state index contributed by atoms with van der Waals surface area (Å²) >= 11 is 2.11. The average molecular weight is 438 g/mol. The van der Waals surface area contributed by atoms with Gasteiger partial charge in [0.2, 0.25) is 5.91 Å². The molecule has 5 nitrogen and oxygen atoms in total. The lowest BCUT2D eigenvalue weighted by molar-refractivity contribution is -0.111. The van der Waals surface area contributed by atoms with Crippen LogP contribution < -0.4 is 11.1 Å². The minimum absolute atomic E-state index is 0.0321. The maximum Gasteiger partial charge on any atom is 0.248 e. The van der Waals surface area contributed by atoms with Crippen molar-refractivity contribution in [1.82, 2.24) is 0 Å². The Morgan fingerprint density at radius 1 is 1.29 bits per heavy atom. The Morgan fingerprint density at radius 3 is 2.71 bits per heavy atom. The van der Waals surface area contributed by atoms with E-state index < -0.39 is 6.10 Å². The van der Waals surface area contributed by atoms with E-state index in [1.807, 2.05) is 0 Å². The summed E-state index contributed by atoms with van der Waals surface area (Å²) in [7, 11) is 0. The Kier molecular flexibility index (Phi) is 6.22. The van der Waals surface area contributed by atoms with Crippen molar-refractivity contribution in [3.63, 3.8) is 0 Å². The second-order valence-electron chi connectivity index (χ2n) is 5.44. The van der Waals surface area contributed by atoms with E-state index in [2.05, 4.69) is 27.9 Å². The minimum atomic E-state index is -0.912. The van der Waals surface area contributed by atoms with E-state index >= 15 is 0 Å². The van der Waals surface area contributed by atoms with Crippen molar-refractivity contribution in [2.45, 2.75) is 13.0 Å². The molecule has 0 fully saturated rings. The number of aliphatic hydroxyl groups is 1. The van der Waals surface area contributed by atoms with Crippen LogP contribution in [0, 0.1) is 9.49 Å². The molecular formula is C18H19IN2O3. The van der Waals surface area contributed by atoms with Gasteiger partial charge in [-0.3, -0.25) is 4.79 Å². The van der Waals surface area contributed by atoms with Crippen LogP contribution in [-0.4, -0.2) is 16.1 Å². The first kappa shape index (κ1) is 18.3. The van der Waals surface area contributed by atoms with E-state index in [0.717, 1.165) is 3.57 Å². The lowest BCUT2D eigenvalue weighted by Crippen LogP contribution is -2.12. The number of carbonyl (C=O) groups excluding carboxylic acids is 1. The summed E-state index contributed by atoms with van der Waals surface area (Å²) in [4.78, 5) is 12.0. The third-order valence-electron chi connectivity index (χ3n) is 3.58. The first-order valence-corrected chi connectivity index (χ1v) is 8.46. The number of amides is 1. The van der Waals surface area contributed by atoms with Gasteiger partial charge in [-0.1, -0.05) is 25.1 Å². The van der Waals surface area contributed by atoms with E-state index in [4.69, 9.17) is 5.73 Å². The van der Waals surface area contributed by atoms with Gasteiger partial charge >= 0.3 is 0 Å². The minimum Gasteiger partial charge on any atom is -0.508 e. The number of rotatable bonds is 5. The van der Waals surface area contributed by atoms with Gasteiger partial charge < -0.3 is 21.3 Å². The molecule has 2 aromatic rings. The van der Waals surface area contributed by atoms with Crippen molar-refractivity contribution in [2.24, 2.45) is 5.92 Å². The van der Waals surface area contributed by atoms with Crippen molar-refractivity contribution in [2.75, 3.05) is 11.1 Å². The topological polar surface area (TPSA) is 95.6 Å². The molecule has 0 aliphatic carbocycles. The normalized spacial score (nSPS) is 13.6. The molecule has 0 aromatic heterocycles. The largest absolute Gasteiger partial charge is 0.508 e. The summed E-state index contributed by atoms with van der Waals surface area (Å²) in [5, 5.41) is 22.9. The van der Waals surface area contributed by atoms with Crippen LogP contribution in [-0.2, 0) is 4.79 Å². The van der Waals surface area contributed by atoms with Gasteiger partial charge in [-0.2, -0.15) is 0 Å². The fourth-order valence-corrected chi connectivity index (χ4v) is 2.69. The molecular weight excluding hydrogens is 419 g/mol. The molecule has 6 heteroatoms. The summed E-state index contributed by atoms with van der Waals surface area (Å²) in [6, 6.07) is 12.0. The van der Waals surface area contributed by atoms with E-state index in [-0.39, 0.29) is 17.6 Å². The van der Waals surface area contributed by atoms with Crippen LogP contribution in [0.15, 0.2) is 54.6 Å². The smallest absolute Gasteiger partial charge is 0.248 e. The highest BCUT2D eigenvalue weighted by Crippen LogP contribution is 2.31. The van der Waals surface area contributed by atoms with E-state index in [9.17, 15) is 15.0 Å². The Morgan fingerprint density at radius 2 is 2.00 bits per heavy atom. The second kappa shape index (κ2) is 8.16. The monoisotopic (exact) mass is 438 g/mol. The van der Waals surface area contributed by atoms with Crippen LogP contribution in [0.3, 0.4) is 0 Å². The zero-order valence-corrected chi connectivity index (χ0v) is 15.3. The van der Waals surface area contributed by atoms with Gasteiger partial charge in [-0.05, 0) is 59.0 Å². The molecule has 0 radical (unpaired) electrons. The van der Waals surface area contributed by atoms with Crippen molar-refractivity contribution in [1.29, 1.82) is 0 Å². The summed E-state index contributed by atoms with van der Waals surface area (Å²) in [6.07, 6.45) is 2.04. The zero-order chi connectivity index (χ0) is 17.7. The van der Waals surface area contributed by atoms with Gasteiger partial charge in [-0.25, -0.2) is 0 Å². The first-order chi connectivity index (χ1) is 11.4. The quantitative estimate of drug-likeness (QED) is 0.327. The van der Waals surface area contributed by atoms with Crippen LogP contribution in [0.4, 0.5) is 11.4 Å². The van der Waals surface area contributed by atoms with Crippen molar-refractivity contribution in [3.05, 3.63) is 63.8 Å². The van der Waals surface area contributed by atoms with E-state index in [0.29, 0.717) is 16.9 Å². The average Bonchev–Trinajstić information content (AvgIpc) is 2.56. The molecule has 0 saturated heterocycles. The third-order valence-corrected chi connectivity index (χ3v) is 4.25. The molecule has 2 atom stereocenters. The Labute approximate surface area is 154 Å². The molecule has 5 N–H and O–H groups in total. The molecule has 0 bridgehead atoms. The number of nitrogens with one attached hydrogen (secondary N) is 1. The zero-order valence-electron chi connectivity index (χ0n) is 13.1. The molecule has 0 spiro atoms. The number of benzene rings is 2. The summed E-state index contributed by atoms with van der Waals surface area (Å²) < 4.78 is 0.910. The number of phenolic OH excluding ortho intramolecular Hbond substituents is 1. The maximum atomic E-state index is 12.0. The van der Waals surface area contributed by atoms with E-state index in [1.54, 1.807) is 55.5 Å². The number of aromatic hydroxyl groups is 1. The number of para-hydroxylation sites is 2. The number of phenols is 1. The third kappa shape index (κ3) is 4.72. The first-order valence-electron chi connectivity index (χ1n) is 7.38. The van der Waals surface area contributed by atoms with Crippen LogP contribution in [0.1, 0.15) is 18.6 Å². The van der Waals surface area contributed by atoms with Crippen LogP contribution in [0.25, 0.3) is 0 Å². The molecule has 2 aromatic carbocycles. The van der Waals surface area contributed by atoms with Crippen molar-refractivity contribution >= 4 is 39.9 Å².